The molecule has 0 bridgehead atoms. The molecule has 0 spiro atoms. The second kappa shape index (κ2) is 9.86. The van der Waals surface area contributed by atoms with Crippen molar-refractivity contribution >= 4 is 23.3 Å². The van der Waals surface area contributed by atoms with Crippen molar-refractivity contribution in [3.8, 4) is 17.6 Å². The normalized spacial score (nSPS) is 12.4. The second-order valence-electron chi connectivity index (χ2n) is 6.52. The van der Waals surface area contributed by atoms with Gasteiger partial charge in [-0.25, -0.2) is 9.18 Å². The lowest BCUT2D eigenvalue weighted by atomic mass is 10.1. The first-order valence-corrected chi connectivity index (χ1v) is 9.20. The number of carbonyl (C=O) groups excluding carboxylic acids is 2. The van der Waals surface area contributed by atoms with E-state index in [-0.39, 0.29) is 28.6 Å². The van der Waals surface area contributed by atoms with Crippen LogP contribution in [-0.2, 0) is 6.18 Å². The molecule has 1 aromatic heterocycles. The summed E-state index contributed by atoms with van der Waals surface area (Å²) >= 11 is 0. The maximum Gasteiger partial charge on any atom is 0.417 e. The zero-order valence-electron chi connectivity index (χ0n) is 19.8. The van der Waals surface area contributed by atoms with Gasteiger partial charge in [0.15, 0.2) is 0 Å². The highest BCUT2D eigenvalue weighted by Gasteiger charge is 2.34. The lowest BCUT2D eigenvalue weighted by Gasteiger charge is -2.13. The van der Waals surface area contributed by atoms with Crippen LogP contribution in [0.3, 0.4) is 0 Å². The lowest BCUT2D eigenvalue weighted by Crippen LogP contribution is -2.20. The van der Waals surface area contributed by atoms with Gasteiger partial charge in [-0.3, -0.25) is 9.78 Å². The molecule has 174 valence electrons. The summed E-state index contributed by atoms with van der Waals surface area (Å²) in [6, 6.07) is 8.64. The van der Waals surface area contributed by atoms with E-state index in [0.29, 0.717) is 6.07 Å². The van der Waals surface area contributed by atoms with Crippen molar-refractivity contribution in [2.45, 2.75) is 6.18 Å². The van der Waals surface area contributed by atoms with Crippen LogP contribution in [0.5, 0.6) is 11.5 Å². The highest BCUT2D eigenvalue weighted by Crippen LogP contribution is 2.33. The summed E-state index contributed by atoms with van der Waals surface area (Å²) in [5.41, 5.74) is -2.74. The highest BCUT2D eigenvalue weighted by molar-refractivity contribution is 6.00. The molecule has 0 aliphatic heterocycles. The largest absolute Gasteiger partial charge is 0.457 e. The van der Waals surface area contributed by atoms with E-state index in [0.717, 1.165) is 30.3 Å². The molecule has 3 aromatic rings. The number of hydrogen-bond acceptors (Lipinski definition) is 5. The Bertz CT molecular complexity index is 1390. The number of nitrogens with one attached hydrogen (secondary N) is 3. The zero-order valence-corrected chi connectivity index (χ0v) is 16.8. The minimum atomic E-state index is -4.82. The van der Waals surface area contributed by atoms with E-state index in [9.17, 15) is 27.2 Å². The number of amides is 3. The SMILES string of the molecule is [2H]C([2H])([2H])NC(=O)c1cc(Oc2ccc(NC(=O)Nc3ccc(C#N)c(C(F)(F)F)c3)c(F)c2)ccn1. The number of pyridine rings is 1. The Morgan fingerprint density at radius 1 is 1.09 bits per heavy atom. The van der Waals surface area contributed by atoms with Gasteiger partial charge in [0, 0.05) is 35.1 Å². The third-order valence-corrected chi connectivity index (χ3v) is 4.21. The molecule has 1 heterocycles. The summed E-state index contributed by atoms with van der Waals surface area (Å²) in [6.07, 6.45) is -3.65. The van der Waals surface area contributed by atoms with Gasteiger partial charge in [-0.05, 0) is 36.4 Å². The number of nitrogens with zero attached hydrogens (tertiary/aromatic N) is 2. The number of carbonyl (C=O) groups is 2. The minimum Gasteiger partial charge on any atom is -0.457 e. The van der Waals surface area contributed by atoms with Gasteiger partial charge in [0.2, 0.25) is 0 Å². The van der Waals surface area contributed by atoms with Crippen LogP contribution < -0.4 is 20.7 Å². The Balaban J connectivity index is 1.68. The maximum atomic E-state index is 14.5. The molecule has 8 nitrogen and oxygen atoms in total. The van der Waals surface area contributed by atoms with Crippen molar-refractivity contribution in [3.05, 3.63) is 77.4 Å². The quantitative estimate of drug-likeness (QED) is 0.453. The van der Waals surface area contributed by atoms with E-state index >= 15 is 0 Å². The summed E-state index contributed by atoms with van der Waals surface area (Å²) < 4.78 is 80.4. The van der Waals surface area contributed by atoms with Gasteiger partial charge in [0.25, 0.3) is 5.91 Å². The predicted octanol–water partition coefficient (Wildman–Crippen LogP) is 4.91. The number of aromatic nitrogens is 1. The summed E-state index contributed by atoms with van der Waals surface area (Å²) in [4.78, 5) is 27.8. The van der Waals surface area contributed by atoms with E-state index < -0.39 is 42.0 Å². The van der Waals surface area contributed by atoms with Crippen molar-refractivity contribution in [1.29, 1.82) is 5.26 Å². The molecule has 34 heavy (non-hydrogen) atoms. The molecule has 0 atom stereocenters. The maximum absolute atomic E-state index is 14.5. The smallest absolute Gasteiger partial charge is 0.417 e. The Labute approximate surface area is 194 Å². The second-order valence-corrected chi connectivity index (χ2v) is 6.52. The van der Waals surface area contributed by atoms with Crippen molar-refractivity contribution < 1.29 is 36.0 Å². The lowest BCUT2D eigenvalue weighted by molar-refractivity contribution is -0.137. The van der Waals surface area contributed by atoms with Gasteiger partial charge in [-0.2, -0.15) is 18.4 Å². The summed E-state index contributed by atoms with van der Waals surface area (Å²) in [7, 11) is 0. The number of urea groups is 1. The Morgan fingerprint density at radius 2 is 1.85 bits per heavy atom. The van der Waals surface area contributed by atoms with Gasteiger partial charge in [-0.1, -0.05) is 0 Å². The Kier molecular flexibility index (Phi) is 5.80. The molecular formula is C22H15F4N5O3. The highest BCUT2D eigenvalue weighted by atomic mass is 19.4. The first kappa shape index (κ1) is 20.0. The van der Waals surface area contributed by atoms with Gasteiger partial charge in [0.1, 0.15) is 23.0 Å². The first-order valence-electron chi connectivity index (χ1n) is 10.7. The van der Waals surface area contributed by atoms with Crippen LogP contribution in [0.2, 0.25) is 0 Å². The molecule has 0 fully saturated rings. The van der Waals surface area contributed by atoms with Crippen molar-refractivity contribution in [3.63, 3.8) is 0 Å². The van der Waals surface area contributed by atoms with Crippen LogP contribution in [0.1, 0.15) is 25.7 Å². The fourth-order valence-electron chi connectivity index (χ4n) is 2.70. The van der Waals surface area contributed by atoms with Crippen LogP contribution >= 0.6 is 0 Å². The number of hydrogen-bond donors (Lipinski definition) is 3. The molecular weight excluding hydrogens is 458 g/mol. The fraction of sp³-hybridized carbons (Fsp3) is 0.0909. The summed E-state index contributed by atoms with van der Waals surface area (Å²) in [6.45, 7) is -2.73. The van der Waals surface area contributed by atoms with Gasteiger partial charge in [0.05, 0.1) is 22.9 Å². The molecule has 3 N–H and O–H groups in total. The average Bonchev–Trinajstić information content (AvgIpc) is 2.79. The number of anilines is 2. The van der Waals surface area contributed by atoms with Crippen LogP contribution in [0.15, 0.2) is 54.7 Å². The topological polar surface area (TPSA) is 116 Å². The standard InChI is InChI=1S/C22H15F4N5O3/c1-28-20(32)19-10-15(6-7-29-19)34-14-4-5-18(17(23)9-14)31-21(33)30-13-3-2-12(11-27)16(8-13)22(24,25)26/h2-10H,1H3,(H,28,32)(H2,30,31,33)/i1D3. The molecule has 3 rings (SSSR count). The van der Waals surface area contributed by atoms with Gasteiger partial charge < -0.3 is 20.7 Å². The van der Waals surface area contributed by atoms with Gasteiger partial charge >= 0.3 is 12.2 Å². The number of ether oxygens (including phenoxy) is 1. The number of benzene rings is 2. The van der Waals surface area contributed by atoms with Gasteiger partial charge in [-0.15, -0.1) is 0 Å². The fourth-order valence-corrected chi connectivity index (χ4v) is 2.70. The summed E-state index contributed by atoms with van der Waals surface area (Å²) in [5.74, 6) is -1.96. The molecule has 0 aliphatic carbocycles. The first-order chi connectivity index (χ1) is 17.2. The zero-order chi connectivity index (χ0) is 27.4. The molecule has 0 unspecified atom stereocenters. The van der Waals surface area contributed by atoms with Crippen LogP contribution in [0, 0.1) is 17.1 Å². The third-order valence-electron chi connectivity index (χ3n) is 4.21. The number of halogens is 4. The molecule has 0 aliphatic rings. The Morgan fingerprint density at radius 3 is 2.53 bits per heavy atom. The number of alkyl halides is 3. The number of rotatable bonds is 5. The summed E-state index contributed by atoms with van der Waals surface area (Å²) in [5, 5.41) is 14.9. The minimum absolute atomic E-state index is 0.0322. The van der Waals surface area contributed by atoms with Crippen molar-refractivity contribution in [1.82, 2.24) is 10.3 Å². The third kappa shape index (κ3) is 5.77. The molecule has 0 radical (unpaired) electrons. The monoisotopic (exact) mass is 476 g/mol. The predicted molar refractivity (Wildman–Crippen MR) is 113 cm³/mol. The van der Waals surface area contributed by atoms with E-state index in [2.05, 4.69) is 15.6 Å². The molecule has 2 aromatic carbocycles. The average molecular weight is 476 g/mol. The molecule has 0 saturated heterocycles. The van der Waals surface area contributed by atoms with E-state index in [1.54, 1.807) is 5.32 Å². The van der Waals surface area contributed by atoms with Crippen molar-refractivity contribution in [2.24, 2.45) is 0 Å². The van der Waals surface area contributed by atoms with Crippen LogP contribution in [0.4, 0.5) is 33.7 Å². The van der Waals surface area contributed by atoms with Crippen molar-refractivity contribution in [2.75, 3.05) is 17.6 Å². The van der Waals surface area contributed by atoms with E-state index in [1.165, 1.54) is 24.4 Å². The van der Waals surface area contributed by atoms with Crippen LogP contribution in [0.25, 0.3) is 0 Å². The molecule has 3 amide bonds. The molecule has 0 saturated carbocycles. The number of nitriles is 1. The molecule has 12 heteroatoms. The Hall–Kier alpha value is -4.66. The van der Waals surface area contributed by atoms with E-state index in [1.807, 2.05) is 0 Å². The van der Waals surface area contributed by atoms with E-state index in [4.69, 9.17) is 14.1 Å². The van der Waals surface area contributed by atoms with Crippen LogP contribution in [-0.4, -0.2) is 23.9 Å².